The molecule has 0 heterocycles. The van der Waals surface area contributed by atoms with Crippen LogP contribution in [0.5, 0.6) is 0 Å². The molecule has 0 unspecified atom stereocenters. The number of carboxylic acid groups (broad SMARTS) is 1. The first-order chi connectivity index (χ1) is 2.94. The van der Waals surface area contributed by atoms with Gasteiger partial charge in [-0.3, -0.25) is 0 Å². The van der Waals surface area contributed by atoms with Gasteiger partial charge in [0, 0.05) is 0 Å². The molecule has 0 aliphatic carbocycles. The van der Waals surface area contributed by atoms with Gasteiger partial charge in [-0.15, -0.1) is 0 Å². The molecular weight excluding hydrogens is 189 g/mol. The Hall–Kier alpha value is 0.00338. The van der Waals surface area contributed by atoms with Crippen molar-refractivity contribution < 1.29 is 42.3 Å². The molecule has 0 atom stereocenters. The third kappa shape index (κ3) is 4.17. The van der Waals surface area contributed by atoms with E-state index in [9.17, 15) is 0 Å². The molecule has 0 amide bonds. The average Bonchev–Trinajstić information content (AvgIpc) is 1.31. The third-order valence-electron chi connectivity index (χ3n) is 0.204. The van der Waals surface area contributed by atoms with Gasteiger partial charge in [0.25, 0.3) is 0 Å². The minimum atomic E-state index is -5.19. The summed E-state index contributed by atoms with van der Waals surface area (Å²) in [4.78, 5) is 9.01. The molecule has 0 radical (unpaired) electrons. The number of rotatable bonds is 0. The van der Waals surface area contributed by atoms with E-state index in [1.165, 1.54) is 0 Å². The van der Waals surface area contributed by atoms with E-state index in [0.29, 0.717) is 0 Å². The van der Waals surface area contributed by atoms with Gasteiger partial charge in [-0.05, 0) is 0 Å². The van der Waals surface area contributed by atoms with Gasteiger partial charge in [-0.1, -0.05) is 0 Å². The van der Waals surface area contributed by atoms with Crippen molar-refractivity contribution >= 4 is 15.4 Å². The van der Waals surface area contributed by atoms with Crippen molar-refractivity contribution in [1.29, 1.82) is 0 Å². The Morgan fingerprint density at radius 1 is 1.38 bits per heavy atom. The smallest absolute Gasteiger partial charge is 0.743 e. The summed E-state index contributed by atoms with van der Waals surface area (Å²) in [7, 11) is -5.19. The molecule has 0 fully saturated rings. The van der Waals surface area contributed by atoms with Crippen LogP contribution in [0.25, 0.3) is 0 Å². The Bertz CT molecular complexity index is 167. The zero-order valence-corrected chi connectivity index (χ0v) is 7.44. The zero-order chi connectivity index (χ0) is 6.08. The van der Waals surface area contributed by atoms with Crippen molar-refractivity contribution in [2.75, 3.05) is 0 Å². The van der Waals surface area contributed by atoms with Crippen LogP contribution in [0.4, 0.5) is 4.79 Å². The standard InChI is InChI=1S/CH2O5S.Zn/c2-1(3)7(4,5)6;/h(H,2,3)(H,4,5,6);/q;+2/p-2. The average molecular weight is 189 g/mol. The van der Waals surface area contributed by atoms with Crippen LogP contribution >= 0.6 is 0 Å². The SMILES string of the molecule is O=C([O-])S(=O)(=O)[O-].[Zn+2]. The van der Waals surface area contributed by atoms with Gasteiger partial charge in [0.2, 0.25) is 0 Å². The molecule has 0 spiro atoms. The molecular formula is CO5SZn. The van der Waals surface area contributed by atoms with Crippen molar-refractivity contribution in [3.63, 3.8) is 0 Å². The van der Waals surface area contributed by atoms with Gasteiger partial charge in [0.05, 0.1) is 0 Å². The van der Waals surface area contributed by atoms with Crippen molar-refractivity contribution in [2.45, 2.75) is 0 Å². The van der Waals surface area contributed by atoms with Crippen LogP contribution in [-0.4, -0.2) is 18.3 Å². The van der Waals surface area contributed by atoms with Crippen LogP contribution in [0.2, 0.25) is 0 Å². The Morgan fingerprint density at radius 2 is 1.50 bits per heavy atom. The van der Waals surface area contributed by atoms with E-state index in [1.54, 1.807) is 0 Å². The largest absolute Gasteiger partial charge is 2.00 e. The van der Waals surface area contributed by atoms with E-state index >= 15 is 0 Å². The van der Waals surface area contributed by atoms with E-state index < -0.39 is 15.4 Å². The summed E-state index contributed by atoms with van der Waals surface area (Å²) < 4.78 is 27.3. The summed E-state index contributed by atoms with van der Waals surface area (Å²) in [6.07, 6.45) is 0. The second-order valence-electron chi connectivity index (χ2n) is 0.704. The maximum atomic E-state index is 9.11. The summed E-state index contributed by atoms with van der Waals surface area (Å²) >= 11 is 0. The predicted octanol–water partition coefficient (Wildman–Crippen LogP) is -2.13. The summed E-state index contributed by atoms with van der Waals surface area (Å²) in [5, 5.41) is 6.42. The van der Waals surface area contributed by atoms with Gasteiger partial charge in [-0.25, -0.2) is 8.42 Å². The molecule has 0 aliphatic rings. The minimum Gasteiger partial charge on any atom is -0.743 e. The molecule has 7 heteroatoms. The molecule has 0 aromatic rings. The summed E-state index contributed by atoms with van der Waals surface area (Å²) in [6, 6.07) is 0. The molecule has 0 saturated carbocycles. The van der Waals surface area contributed by atoms with E-state index in [0.717, 1.165) is 0 Å². The third-order valence-corrected chi connectivity index (χ3v) is 0.612. The van der Waals surface area contributed by atoms with E-state index in [-0.39, 0.29) is 19.5 Å². The maximum Gasteiger partial charge on any atom is 2.00 e. The van der Waals surface area contributed by atoms with Crippen LogP contribution in [0, 0.1) is 0 Å². The quantitative estimate of drug-likeness (QED) is 0.320. The van der Waals surface area contributed by atoms with Crippen molar-refractivity contribution in [1.82, 2.24) is 0 Å². The molecule has 5 nitrogen and oxygen atoms in total. The van der Waals surface area contributed by atoms with Crippen LogP contribution in [-0.2, 0) is 29.6 Å². The second-order valence-corrected chi connectivity index (χ2v) is 1.95. The summed E-state index contributed by atoms with van der Waals surface area (Å²) in [5.74, 6) is 0. The Balaban J connectivity index is 0. The van der Waals surface area contributed by atoms with Crippen molar-refractivity contribution in [3.8, 4) is 0 Å². The summed E-state index contributed by atoms with van der Waals surface area (Å²) in [5.41, 5.74) is 0. The van der Waals surface area contributed by atoms with Gasteiger partial charge in [0.1, 0.15) is 15.4 Å². The minimum absolute atomic E-state index is 0. The first-order valence-corrected chi connectivity index (χ1v) is 2.52. The number of carbonyl (C=O) groups is 1. The Labute approximate surface area is 58.2 Å². The molecule has 0 aromatic heterocycles. The van der Waals surface area contributed by atoms with E-state index in [2.05, 4.69) is 0 Å². The number of hydrogen-bond donors (Lipinski definition) is 0. The van der Waals surface area contributed by atoms with Crippen LogP contribution in [0.1, 0.15) is 0 Å². The fraction of sp³-hybridized carbons (Fsp3) is 0. The molecule has 8 heavy (non-hydrogen) atoms. The summed E-state index contributed by atoms with van der Waals surface area (Å²) in [6.45, 7) is 0. The molecule has 0 aromatic carbocycles. The monoisotopic (exact) mass is 188 g/mol. The molecule has 42 valence electrons. The van der Waals surface area contributed by atoms with Gasteiger partial charge in [-0.2, -0.15) is 0 Å². The fourth-order valence-corrected chi connectivity index (χ4v) is 0. The van der Waals surface area contributed by atoms with Crippen LogP contribution in [0.3, 0.4) is 0 Å². The topological polar surface area (TPSA) is 97.3 Å². The van der Waals surface area contributed by atoms with Crippen LogP contribution < -0.4 is 5.11 Å². The second kappa shape index (κ2) is 3.11. The number of hydrogen-bond acceptors (Lipinski definition) is 5. The van der Waals surface area contributed by atoms with E-state index in [4.69, 9.17) is 22.9 Å². The van der Waals surface area contributed by atoms with Crippen molar-refractivity contribution in [2.24, 2.45) is 0 Å². The van der Waals surface area contributed by atoms with Gasteiger partial charge in [0.15, 0.2) is 0 Å². The Morgan fingerprint density at radius 3 is 1.50 bits per heavy atom. The molecule has 0 aliphatic heterocycles. The molecule has 0 bridgehead atoms. The predicted molar refractivity (Wildman–Crippen MR) is 15.1 cm³/mol. The van der Waals surface area contributed by atoms with Gasteiger partial charge >= 0.3 is 19.5 Å². The first-order valence-electron chi connectivity index (χ1n) is 1.11. The number of carbonyl (C=O) groups excluding carboxylic acids is 1. The van der Waals surface area contributed by atoms with Gasteiger partial charge < -0.3 is 14.5 Å². The molecule has 0 saturated heterocycles. The van der Waals surface area contributed by atoms with Crippen LogP contribution in [0.15, 0.2) is 0 Å². The Kier molecular flexibility index (Phi) is 4.24. The normalized spacial score (nSPS) is 9.62. The first kappa shape index (κ1) is 10.9. The fourth-order valence-electron chi connectivity index (χ4n) is 0. The molecule has 0 rings (SSSR count). The molecule has 0 N–H and O–H groups in total. The van der Waals surface area contributed by atoms with E-state index in [1.807, 2.05) is 0 Å². The van der Waals surface area contributed by atoms with Crippen molar-refractivity contribution in [3.05, 3.63) is 0 Å². The maximum absolute atomic E-state index is 9.11. The zero-order valence-electron chi connectivity index (χ0n) is 3.66.